The summed E-state index contributed by atoms with van der Waals surface area (Å²) in [5, 5.41) is 17.9. The van der Waals surface area contributed by atoms with Crippen LogP contribution in [0.2, 0.25) is 0 Å². The number of aliphatic hydroxyl groups is 2. The Labute approximate surface area is 122 Å². The molecule has 0 aliphatic heterocycles. The smallest absolute Gasteiger partial charge is 0.217 e. The molecule has 7 nitrogen and oxygen atoms in total. The van der Waals surface area contributed by atoms with Crippen LogP contribution in [0.4, 0.5) is 0 Å². The van der Waals surface area contributed by atoms with Crippen molar-refractivity contribution in [2.24, 2.45) is 0 Å². The van der Waals surface area contributed by atoms with Gasteiger partial charge in [-0.2, -0.15) is 0 Å². The van der Waals surface area contributed by atoms with Crippen LogP contribution in [0.3, 0.4) is 0 Å². The van der Waals surface area contributed by atoms with E-state index in [1.165, 1.54) is 19.8 Å². The third kappa shape index (κ3) is 12.8. The monoisotopic (exact) mass is 315 g/mol. The molecular weight excluding hydrogens is 286 g/mol. The first-order valence-electron chi connectivity index (χ1n) is 6.97. The molecule has 20 heavy (non-hydrogen) atoms. The molecule has 0 aromatic carbocycles. The summed E-state index contributed by atoms with van der Waals surface area (Å²) in [7, 11) is -4.42. The molecule has 2 N–H and O–H groups in total. The highest BCUT2D eigenvalue weighted by Crippen LogP contribution is 2.08. The minimum absolute atomic E-state index is 0.0914. The summed E-state index contributed by atoms with van der Waals surface area (Å²) in [5.41, 5.74) is 0. The average molecular weight is 315 g/mol. The van der Waals surface area contributed by atoms with Crippen LogP contribution in [0, 0.1) is 0 Å². The molecule has 0 aromatic heterocycles. The van der Waals surface area contributed by atoms with Crippen molar-refractivity contribution in [1.29, 1.82) is 0 Å². The molecule has 0 bridgehead atoms. The normalized spacial score (nSPS) is 11.9. The zero-order valence-electron chi connectivity index (χ0n) is 12.7. The summed E-state index contributed by atoms with van der Waals surface area (Å²) in [5.74, 6) is 0. The Bertz CT molecular complexity index is 301. The van der Waals surface area contributed by atoms with Crippen molar-refractivity contribution in [3.8, 4) is 0 Å². The molecule has 0 amide bonds. The molecule has 124 valence electrons. The molecule has 0 saturated heterocycles. The molecule has 0 aliphatic carbocycles. The second-order valence-corrected chi connectivity index (χ2v) is 5.50. The van der Waals surface area contributed by atoms with Gasteiger partial charge in [-0.15, -0.1) is 0 Å². The maximum atomic E-state index is 9.45. The number of nitrogens with zero attached hydrogens (tertiary/aromatic N) is 1. The molecule has 0 unspecified atom stereocenters. The Morgan fingerprint density at radius 2 is 1.55 bits per heavy atom. The third-order valence-electron chi connectivity index (χ3n) is 3.07. The Balaban J connectivity index is 0. The number of unbranched alkanes of at least 4 members (excludes halogenated alkanes) is 1. The molecule has 0 fully saturated rings. The van der Waals surface area contributed by atoms with Crippen molar-refractivity contribution in [1.82, 2.24) is 0 Å². The summed E-state index contributed by atoms with van der Waals surface area (Å²) in [6.45, 7) is 9.70. The number of aliphatic hydroxyl groups excluding tert-OH is 2. The predicted molar refractivity (Wildman–Crippen MR) is 75.8 cm³/mol. The Morgan fingerprint density at radius 1 is 1.05 bits per heavy atom. The van der Waals surface area contributed by atoms with Gasteiger partial charge in [0.1, 0.15) is 13.1 Å². The van der Waals surface area contributed by atoms with E-state index in [1.54, 1.807) is 0 Å². The zero-order valence-corrected chi connectivity index (χ0v) is 13.6. The van der Waals surface area contributed by atoms with Crippen LogP contribution in [0.15, 0.2) is 0 Å². The van der Waals surface area contributed by atoms with Crippen LogP contribution >= 0.6 is 0 Å². The second kappa shape index (κ2) is 12.5. The third-order valence-corrected chi connectivity index (χ3v) is 3.59. The van der Waals surface area contributed by atoms with Gasteiger partial charge < -0.3 is 19.2 Å². The topological polar surface area (TPSA) is 107 Å². The summed E-state index contributed by atoms with van der Waals surface area (Å²) >= 11 is 0. The number of hydrogen-bond acceptors (Lipinski definition) is 6. The molecule has 0 aromatic rings. The van der Waals surface area contributed by atoms with E-state index in [-0.39, 0.29) is 19.8 Å². The highest BCUT2D eigenvalue weighted by molar-refractivity contribution is 7.80. The zero-order chi connectivity index (χ0) is 16.1. The van der Waals surface area contributed by atoms with E-state index in [0.29, 0.717) is 0 Å². The second-order valence-electron chi connectivity index (χ2n) is 4.44. The predicted octanol–water partition coefficient (Wildman–Crippen LogP) is 0.0909. The maximum absolute atomic E-state index is 9.45. The van der Waals surface area contributed by atoms with Crippen LogP contribution in [-0.4, -0.2) is 73.7 Å². The molecule has 0 rings (SSSR count). The highest BCUT2D eigenvalue weighted by Gasteiger charge is 2.22. The quantitative estimate of drug-likeness (QED) is 0.336. The van der Waals surface area contributed by atoms with Gasteiger partial charge in [-0.3, -0.25) is 4.18 Å². The number of rotatable bonds is 10. The largest absolute Gasteiger partial charge is 0.726 e. The standard InChI is InChI=1S/C10H24NO2.C2H6O4S/c1-3-5-6-11(4-2,7-9-12)8-10-13;1-2-6-7(3,4)5/h12-13H,3-10H2,1-2H3;2H2,1H3,(H,3,4,5)/q+1;/p-1. The van der Waals surface area contributed by atoms with E-state index >= 15 is 0 Å². The Morgan fingerprint density at radius 3 is 1.75 bits per heavy atom. The molecule has 0 radical (unpaired) electrons. The molecule has 0 atom stereocenters. The van der Waals surface area contributed by atoms with Gasteiger partial charge in [0, 0.05) is 0 Å². The lowest BCUT2D eigenvalue weighted by molar-refractivity contribution is -0.927. The van der Waals surface area contributed by atoms with Crippen molar-refractivity contribution in [3.63, 3.8) is 0 Å². The number of likely N-dealkylation sites (N-methyl/N-ethyl adjacent to an activating group) is 1. The van der Waals surface area contributed by atoms with E-state index in [0.717, 1.165) is 30.7 Å². The van der Waals surface area contributed by atoms with Crippen molar-refractivity contribution < 1.29 is 31.8 Å². The summed E-state index contributed by atoms with van der Waals surface area (Å²) in [4.78, 5) is 0. The molecule has 0 spiro atoms. The van der Waals surface area contributed by atoms with Crippen molar-refractivity contribution in [2.45, 2.75) is 33.6 Å². The fraction of sp³-hybridized carbons (Fsp3) is 1.00. The van der Waals surface area contributed by atoms with Gasteiger partial charge in [-0.1, -0.05) is 13.3 Å². The Kier molecular flexibility index (Phi) is 13.8. The minimum atomic E-state index is -4.42. The molecule has 0 heterocycles. The van der Waals surface area contributed by atoms with Crippen LogP contribution in [0.25, 0.3) is 0 Å². The van der Waals surface area contributed by atoms with Gasteiger partial charge >= 0.3 is 0 Å². The van der Waals surface area contributed by atoms with E-state index in [9.17, 15) is 13.0 Å². The van der Waals surface area contributed by atoms with Crippen LogP contribution < -0.4 is 0 Å². The Hall–Kier alpha value is -0.250. The first-order chi connectivity index (χ1) is 9.30. The van der Waals surface area contributed by atoms with Crippen LogP contribution in [-0.2, 0) is 14.6 Å². The summed E-state index contributed by atoms with van der Waals surface area (Å²) in [6, 6.07) is 0. The van der Waals surface area contributed by atoms with Gasteiger partial charge in [0.05, 0.1) is 32.9 Å². The molecule has 8 heteroatoms. The van der Waals surface area contributed by atoms with E-state index in [4.69, 9.17) is 10.2 Å². The van der Waals surface area contributed by atoms with Crippen LogP contribution in [0.5, 0.6) is 0 Å². The molecular formula is C12H29NO6S. The number of quaternary nitrogens is 1. The SMILES string of the molecule is CCCC[N+](CC)(CCO)CCO.CCOS(=O)(=O)[O-]. The lowest BCUT2D eigenvalue weighted by Crippen LogP contribution is -2.52. The van der Waals surface area contributed by atoms with Crippen LogP contribution in [0.1, 0.15) is 33.6 Å². The lowest BCUT2D eigenvalue weighted by atomic mass is 10.2. The fourth-order valence-corrected chi connectivity index (χ4v) is 2.16. The number of hydrogen-bond donors (Lipinski definition) is 2. The van der Waals surface area contributed by atoms with Crippen molar-refractivity contribution in [2.75, 3.05) is 46.0 Å². The van der Waals surface area contributed by atoms with Crippen molar-refractivity contribution in [3.05, 3.63) is 0 Å². The fourth-order valence-electron chi connectivity index (χ4n) is 1.87. The van der Waals surface area contributed by atoms with Gasteiger partial charge in [-0.05, 0) is 20.3 Å². The minimum Gasteiger partial charge on any atom is -0.726 e. The van der Waals surface area contributed by atoms with E-state index in [1.807, 2.05) is 0 Å². The van der Waals surface area contributed by atoms with Crippen molar-refractivity contribution >= 4 is 10.4 Å². The first kappa shape index (κ1) is 22.0. The highest BCUT2D eigenvalue weighted by atomic mass is 32.3. The van der Waals surface area contributed by atoms with Gasteiger partial charge in [-0.25, -0.2) is 8.42 Å². The molecule has 0 saturated carbocycles. The van der Waals surface area contributed by atoms with Gasteiger partial charge in [0.25, 0.3) is 0 Å². The average Bonchev–Trinajstić information content (AvgIpc) is 2.36. The summed E-state index contributed by atoms with van der Waals surface area (Å²) < 4.78 is 32.9. The lowest BCUT2D eigenvalue weighted by Gasteiger charge is -2.36. The summed E-state index contributed by atoms with van der Waals surface area (Å²) in [6.07, 6.45) is 2.35. The van der Waals surface area contributed by atoms with E-state index < -0.39 is 10.4 Å². The van der Waals surface area contributed by atoms with Gasteiger partial charge in [0.2, 0.25) is 10.4 Å². The molecule has 0 aliphatic rings. The van der Waals surface area contributed by atoms with E-state index in [2.05, 4.69) is 18.0 Å². The maximum Gasteiger partial charge on any atom is 0.217 e. The first-order valence-corrected chi connectivity index (χ1v) is 8.31. The van der Waals surface area contributed by atoms with Gasteiger partial charge in [0.15, 0.2) is 0 Å².